The van der Waals surface area contributed by atoms with Crippen LogP contribution in [-0.4, -0.2) is 54.3 Å². The maximum atomic E-state index is 11.3. The predicted molar refractivity (Wildman–Crippen MR) is 138 cm³/mol. The van der Waals surface area contributed by atoms with Crippen LogP contribution in [0, 0.1) is 0 Å². The minimum absolute atomic E-state index is 0.105. The molecule has 0 saturated carbocycles. The van der Waals surface area contributed by atoms with Gasteiger partial charge in [-0.05, 0) is 28.7 Å². The van der Waals surface area contributed by atoms with Crippen LogP contribution in [0.2, 0.25) is 0 Å². The van der Waals surface area contributed by atoms with Crippen molar-refractivity contribution in [2.24, 2.45) is 0 Å². The van der Waals surface area contributed by atoms with Gasteiger partial charge in [0.2, 0.25) is 0 Å². The van der Waals surface area contributed by atoms with Crippen LogP contribution < -0.4 is 9.58 Å². The first kappa shape index (κ1) is 27.9. The topological polar surface area (TPSA) is 167 Å². The molecule has 0 bridgehead atoms. The quantitative estimate of drug-likeness (QED) is 0.0929. The van der Waals surface area contributed by atoms with Gasteiger partial charge in [-0.2, -0.15) is 16.8 Å². The summed E-state index contributed by atoms with van der Waals surface area (Å²) in [5.74, 6) is -0.822. The van der Waals surface area contributed by atoms with Crippen molar-refractivity contribution < 1.29 is 45.3 Å². The number of hydrogen-bond acceptors (Lipinski definition) is 11. The Morgan fingerprint density at radius 3 is 2.54 bits per heavy atom. The lowest BCUT2D eigenvalue weighted by molar-refractivity contribution is -0.752. The number of aromatic nitrogens is 2. The molecule has 0 aliphatic carbocycles. The van der Waals surface area contributed by atoms with Gasteiger partial charge in [0.25, 0.3) is 29.6 Å². The van der Waals surface area contributed by atoms with E-state index in [2.05, 4.69) is 14.5 Å². The lowest BCUT2D eigenvalue weighted by Gasteiger charge is -2.22. The fourth-order valence-electron chi connectivity index (χ4n) is 4.18. The summed E-state index contributed by atoms with van der Waals surface area (Å²) in [6.45, 7) is 0.506. The second-order valence-electron chi connectivity index (χ2n) is 8.19. The van der Waals surface area contributed by atoms with Crippen LogP contribution in [0.15, 0.2) is 46.4 Å². The van der Waals surface area contributed by atoms with Gasteiger partial charge in [0.1, 0.15) is 12.0 Å². The Labute approximate surface area is 221 Å². The summed E-state index contributed by atoms with van der Waals surface area (Å²) >= 11 is 1.87. The largest absolute Gasteiger partial charge is 0.344 e. The normalized spacial score (nSPS) is 15.1. The summed E-state index contributed by atoms with van der Waals surface area (Å²) in [5, 5.41) is 19.1. The first-order chi connectivity index (χ1) is 17.5. The summed E-state index contributed by atoms with van der Waals surface area (Å²) in [7, 11) is -8.26. The van der Waals surface area contributed by atoms with E-state index in [1.165, 1.54) is 11.3 Å². The van der Waals surface area contributed by atoms with E-state index in [1.54, 1.807) is 4.68 Å². The Balaban J connectivity index is 1.71. The summed E-state index contributed by atoms with van der Waals surface area (Å²) < 4.78 is 69.7. The molecule has 16 heteroatoms. The van der Waals surface area contributed by atoms with Crippen LogP contribution in [0.3, 0.4) is 0 Å². The van der Waals surface area contributed by atoms with Crippen molar-refractivity contribution in [1.82, 2.24) is 5.10 Å². The second-order valence-corrected chi connectivity index (χ2v) is 13.3. The molecule has 4 rings (SSSR count). The monoisotopic (exact) mass is 590 g/mol. The third-order valence-electron chi connectivity index (χ3n) is 5.60. The number of anilines is 1. The number of hydrogen-bond donors (Lipinski definition) is 3. The lowest BCUT2D eigenvalue weighted by Crippen LogP contribution is -2.39. The van der Waals surface area contributed by atoms with Crippen molar-refractivity contribution in [1.29, 1.82) is 0 Å². The van der Waals surface area contributed by atoms with Gasteiger partial charge in [0.05, 0.1) is 17.2 Å². The van der Waals surface area contributed by atoms with Crippen molar-refractivity contribution in [3.05, 3.63) is 52.7 Å². The Morgan fingerprint density at radius 2 is 1.81 bits per heavy atom. The fraction of sp³-hybridized carbons (Fsp3) is 0.333. The highest BCUT2D eigenvalue weighted by Gasteiger charge is 2.29. The molecule has 1 aromatic heterocycles. The molecule has 37 heavy (non-hydrogen) atoms. The molecule has 200 valence electrons. The number of aryl methyl sites for hydroxylation is 1. The summed E-state index contributed by atoms with van der Waals surface area (Å²) in [5.41, 5.74) is 2.85. The highest BCUT2D eigenvalue weighted by molar-refractivity contribution is 7.96. The molecule has 1 aliphatic rings. The van der Waals surface area contributed by atoms with E-state index in [9.17, 15) is 21.4 Å². The highest BCUT2D eigenvalue weighted by atomic mass is 32.2. The van der Waals surface area contributed by atoms with Crippen LogP contribution in [0.4, 0.5) is 5.69 Å². The molecule has 1 aliphatic heterocycles. The molecule has 3 N–H and O–H groups in total. The summed E-state index contributed by atoms with van der Waals surface area (Å²) in [6.07, 6.45) is 2.72. The van der Waals surface area contributed by atoms with E-state index in [0.717, 1.165) is 27.7 Å². The van der Waals surface area contributed by atoms with E-state index in [-0.39, 0.29) is 25.1 Å². The molecule has 0 saturated heterocycles. The molecule has 2 aromatic carbocycles. The number of nitrogens with zero attached hydrogens (tertiary/aromatic N) is 3. The van der Waals surface area contributed by atoms with Gasteiger partial charge in [0, 0.05) is 41.6 Å². The van der Waals surface area contributed by atoms with Crippen LogP contribution in [-0.2, 0) is 42.6 Å². The minimum atomic E-state index is -4.14. The smallest absolute Gasteiger partial charge is 0.291 e. The molecule has 0 atom stereocenters. The zero-order valence-electron chi connectivity index (χ0n) is 19.3. The number of allylic oxidation sites excluding steroid dienone is 1. The van der Waals surface area contributed by atoms with Crippen molar-refractivity contribution >= 4 is 66.2 Å². The predicted octanol–water partition coefficient (Wildman–Crippen LogP) is 2.97. The summed E-state index contributed by atoms with van der Waals surface area (Å²) in [6, 6.07) is 11.9. The van der Waals surface area contributed by atoms with E-state index in [4.69, 9.17) is 9.81 Å². The third-order valence-corrected chi connectivity index (χ3v) is 8.81. The maximum absolute atomic E-state index is 11.3. The highest BCUT2D eigenvalue weighted by Crippen LogP contribution is 2.41. The van der Waals surface area contributed by atoms with Gasteiger partial charge < -0.3 is 4.90 Å². The standard InChI is InChI=1S/C21H23N3O9S4/c25-32-33-35-21-22-24(10-4-12-37(29,30)31)19(34-21)14-17-13-16-8-7-15-5-1-2-6-18(15)20(16)23(17)9-3-11-36(26,27)28/h1-2,5-8,14H,3-4,9-13H2,(H2-,25,26,27,28,29,30,31)/p+1. The molecular formula is C21H24N3O9S4+. The number of benzene rings is 2. The van der Waals surface area contributed by atoms with Crippen LogP contribution in [0.25, 0.3) is 16.8 Å². The Hall–Kier alpha value is -2.15. The van der Waals surface area contributed by atoms with Crippen molar-refractivity contribution in [3.63, 3.8) is 0 Å². The summed E-state index contributed by atoms with van der Waals surface area (Å²) in [4.78, 5) is 2.02. The average Bonchev–Trinajstić information content (AvgIpc) is 3.37. The molecular weight excluding hydrogens is 567 g/mol. The van der Waals surface area contributed by atoms with E-state index in [1.807, 2.05) is 47.4 Å². The van der Waals surface area contributed by atoms with Gasteiger partial charge in [-0.3, -0.25) is 9.11 Å². The van der Waals surface area contributed by atoms with E-state index >= 15 is 0 Å². The Morgan fingerprint density at radius 1 is 1.08 bits per heavy atom. The van der Waals surface area contributed by atoms with Gasteiger partial charge in [0.15, 0.2) is 6.54 Å². The zero-order valence-corrected chi connectivity index (χ0v) is 22.5. The van der Waals surface area contributed by atoms with Gasteiger partial charge in [-0.25, -0.2) is 5.26 Å². The average molecular weight is 591 g/mol. The molecule has 3 aromatic rings. The number of rotatable bonds is 12. The lowest BCUT2D eigenvalue weighted by atomic mass is 10.0. The second kappa shape index (κ2) is 11.7. The maximum Gasteiger partial charge on any atom is 0.291 e. The molecule has 0 radical (unpaired) electrons. The molecule has 2 heterocycles. The SMILES string of the molecule is O=S(=O)(O)CCCN1C(=Cc2sc(SOOO)n[n+]2CCCS(=O)(=O)O)Cc2ccc3ccccc3c21. The zero-order chi connectivity index (χ0) is 26.6. The van der Waals surface area contributed by atoms with E-state index < -0.39 is 26.0 Å². The van der Waals surface area contributed by atoms with Crippen LogP contribution in [0.1, 0.15) is 23.4 Å². The minimum Gasteiger partial charge on any atom is -0.344 e. The Bertz CT molecular complexity index is 1520. The van der Waals surface area contributed by atoms with E-state index in [0.29, 0.717) is 34.4 Å². The molecule has 12 nitrogen and oxygen atoms in total. The number of fused-ring (bicyclic) bond motifs is 3. The van der Waals surface area contributed by atoms with Crippen molar-refractivity contribution in [2.75, 3.05) is 23.0 Å². The van der Waals surface area contributed by atoms with Crippen molar-refractivity contribution in [3.8, 4) is 0 Å². The molecule has 0 amide bonds. The Kier molecular flexibility index (Phi) is 8.82. The van der Waals surface area contributed by atoms with Crippen LogP contribution in [0.5, 0.6) is 0 Å². The van der Waals surface area contributed by atoms with Crippen molar-refractivity contribution in [2.45, 2.75) is 30.1 Å². The third kappa shape index (κ3) is 7.46. The van der Waals surface area contributed by atoms with Gasteiger partial charge in [-0.1, -0.05) is 46.1 Å². The first-order valence-electron chi connectivity index (χ1n) is 11.0. The molecule has 0 spiro atoms. The molecule has 0 unspecified atom stereocenters. The fourth-order valence-corrected chi connectivity index (χ4v) is 6.61. The van der Waals surface area contributed by atoms with Gasteiger partial charge >= 0.3 is 0 Å². The van der Waals surface area contributed by atoms with Gasteiger partial charge in [-0.15, -0.1) is 4.33 Å². The molecule has 0 fully saturated rings. The van der Waals surface area contributed by atoms with Crippen LogP contribution >= 0.6 is 23.4 Å². The first-order valence-corrected chi connectivity index (χ1v) is 15.8.